The summed E-state index contributed by atoms with van der Waals surface area (Å²) in [7, 11) is 0. The molecule has 1 aromatic heterocycles. The highest BCUT2D eigenvalue weighted by atomic mass is 32.1. The number of primary amides is 1. The fraction of sp³-hybridized carbons (Fsp3) is 0.375. The second kappa shape index (κ2) is 6.26. The Balaban J connectivity index is 1.58. The maximum Gasteiger partial charge on any atom is 0.248 e. The number of hydrogen-bond acceptors (Lipinski definition) is 4. The maximum atomic E-state index is 11.0. The number of anilines is 1. The van der Waals surface area contributed by atoms with Gasteiger partial charge in [0.15, 0.2) is 0 Å². The topological polar surface area (TPSA) is 68.0 Å². The van der Waals surface area contributed by atoms with Gasteiger partial charge in [0.2, 0.25) is 5.91 Å². The number of hydrogen-bond donors (Lipinski definition) is 2. The molecule has 0 atom stereocenters. The van der Waals surface area contributed by atoms with Gasteiger partial charge in [0.1, 0.15) is 0 Å². The van der Waals surface area contributed by atoms with Crippen LogP contribution in [-0.2, 0) is 6.54 Å². The van der Waals surface area contributed by atoms with Crippen LogP contribution in [0.15, 0.2) is 29.6 Å². The van der Waals surface area contributed by atoms with Crippen LogP contribution in [0.3, 0.4) is 0 Å². The Bertz CT molecular complexity index is 615. The summed E-state index contributed by atoms with van der Waals surface area (Å²) >= 11 is 1.78. The first kappa shape index (κ1) is 14.1. The molecule has 0 radical (unpaired) electrons. The van der Waals surface area contributed by atoms with Crippen molar-refractivity contribution < 1.29 is 4.79 Å². The monoisotopic (exact) mass is 301 g/mol. The van der Waals surface area contributed by atoms with E-state index in [9.17, 15) is 4.79 Å². The molecule has 0 saturated heterocycles. The van der Waals surface area contributed by atoms with Gasteiger partial charge in [-0.05, 0) is 37.1 Å². The Kier molecular flexibility index (Phi) is 4.20. The number of nitrogens with zero attached hydrogens (tertiary/aromatic N) is 1. The van der Waals surface area contributed by atoms with Crippen LogP contribution < -0.4 is 11.1 Å². The van der Waals surface area contributed by atoms with E-state index in [2.05, 4.69) is 10.7 Å². The van der Waals surface area contributed by atoms with Crippen LogP contribution in [0.2, 0.25) is 0 Å². The van der Waals surface area contributed by atoms with E-state index < -0.39 is 5.91 Å². The van der Waals surface area contributed by atoms with Gasteiger partial charge in [0, 0.05) is 22.5 Å². The molecule has 3 N–H and O–H groups in total. The van der Waals surface area contributed by atoms with Crippen molar-refractivity contribution in [2.75, 3.05) is 5.32 Å². The highest BCUT2D eigenvalue weighted by molar-refractivity contribution is 7.09. The fourth-order valence-corrected chi connectivity index (χ4v) is 3.70. The summed E-state index contributed by atoms with van der Waals surface area (Å²) in [6.07, 6.45) is 5.25. The van der Waals surface area contributed by atoms with Gasteiger partial charge in [0.05, 0.1) is 17.2 Å². The molecule has 1 heterocycles. The van der Waals surface area contributed by atoms with Gasteiger partial charge >= 0.3 is 0 Å². The average Bonchev–Trinajstić information content (AvgIpc) is 3.16. The third kappa shape index (κ3) is 3.42. The second-order valence-electron chi connectivity index (χ2n) is 5.45. The van der Waals surface area contributed by atoms with Crippen LogP contribution in [-0.4, -0.2) is 10.9 Å². The number of thiazole rings is 1. The number of nitrogens with two attached hydrogens (primary N) is 1. The molecule has 0 bridgehead atoms. The Morgan fingerprint density at radius 1 is 1.29 bits per heavy atom. The van der Waals surface area contributed by atoms with Gasteiger partial charge < -0.3 is 11.1 Å². The summed E-state index contributed by atoms with van der Waals surface area (Å²) in [6, 6.07) is 7.19. The zero-order chi connectivity index (χ0) is 14.7. The minimum absolute atomic E-state index is 0.401. The lowest BCUT2D eigenvalue weighted by Crippen LogP contribution is -2.10. The number of aromatic nitrogens is 1. The molecule has 1 aromatic carbocycles. The number of rotatable bonds is 5. The molecule has 2 aromatic rings. The Morgan fingerprint density at radius 3 is 2.67 bits per heavy atom. The van der Waals surface area contributed by atoms with Crippen LogP contribution in [0.1, 0.15) is 52.7 Å². The summed E-state index contributed by atoms with van der Waals surface area (Å²) < 4.78 is 0. The Morgan fingerprint density at radius 2 is 2.00 bits per heavy atom. The molecule has 110 valence electrons. The summed E-state index contributed by atoms with van der Waals surface area (Å²) in [5.74, 6) is 0.279. The molecular weight excluding hydrogens is 282 g/mol. The Hall–Kier alpha value is -1.88. The van der Waals surface area contributed by atoms with Crippen molar-refractivity contribution in [1.29, 1.82) is 0 Å². The van der Waals surface area contributed by atoms with Crippen LogP contribution >= 0.6 is 11.3 Å². The molecule has 0 unspecified atom stereocenters. The maximum absolute atomic E-state index is 11.0. The molecule has 0 aliphatic heterocycles. The molecule has 1 aliphatic rings. The van der Waals surface area contributed by atoms with Gasteiger partial charge in [0.25, 0.3) is 0 Å². The fourth-order valence-electron chi connectivity index (χ4n) is 2.71. The predicted molar refractivity (Wildman–Crippen MR) is 85.6 cm³/mol. The van der Waals surface area contributed by atoms with Crippen molar-refractivity contribution in [1.82, 2.24) is 4.98 Å². The molecule has 5 heteroatoms. The number of carbonyl (C=O) groups excluding carboxylic acids is 1. The van der Waals surface area contributed by atoms with E-state index in [-0.39, 0.29) is 0 Å². The summed E-state index contributed by atoms with van der Waals surface area (Å²) in [5, 5.41) is 6.75. The molecule has 1 aliphatic carbocycles. The van der Waals surface area contributed by atoms with E-state index >= 15 is 0 Å². The SMILES string of the molecule is NC(=O)c1ccc(NCc2csc(C3CCCC3)n2)cc1. The first-order valence-corrected chi connectivity index (χ1v) is 8.18. The average molecular weight is 301 g/mol. The van der Waals surface area contributed by atoms with Gasteiger partial charge in [-0.3, -0.25) is 4.79 Å². The third-order valence-corrected chi connectivity index (χ3v) is 4.97. The predicted octanol–water partition coefficient (Wildman–Crippen LogP) is 3.51. The highest BCUT2D eigenvalue weighted by Crippen LogP contribution is 2.35. The molecule has 1 amide bonds. The van der Waals surface area contributed by atoms with Crippen LogP contribution in [0.25, 0.3) is 0 Å². The van der Waals surface area contributed by atoms with Gasteiger partial charge in [-0.25, -0.2) is 4.98 Å². The van der Waals surface area contributed by atoms with Crippen LogP contribution in [0.4, 0.5) is 5.69 Å². The number of carbonyl (C=O) groups is 1. The van der Waals surface area contributed by atoms with E-state index in [1.54, 1.807) is 23.5 Å². The van der Waals surface area contributed by atoms with Crippen molar-refractivity contribution in [2.24, 2.45) is 5.73 Å². The van der Waals surface area contributed by atoms with E-state index in [1.807, 2.05) is 12.1 Å². The van der Waals surface area contributed by atoms with E-state index in [4.69, 9.17) is 10.7 Å². The third-order valence-electron chi connectivity index (χ3n) is 3.92. The molecule has 3 rings (SSSR count). The second-order valence-corrected chi connectivity index (χ2v) is 6.34. The smallest absolute Gasteiger partial charge is 0.248 e. The van der Waals surface area contributed by atoms with Crippen LogP contribution in [0, 0.1) is 0 Å². The summed E-state index contributed by atoms with van der Waals surface area (Å²) in [5.41, 5.74) is 7.80. The summed E-state index contributed by atoms with van der Waals surface area (Å²) in [6.45, 7) is 0.707. The zero-order valence-corrected chi connectivity index (χ0v) is 12.7. The number of benzene rings is 1. The zero-order valence-electron chi connectivity index (χ0n) is 11.8. The molecular formula is C16H19N3OS. The largest absolute Gasteiger partial charge is 0.379 e. The summed E-state index contributed by atoms with van der Waals surface area (Å²) in [4.78, 5) is 15.7. The first-order chi connectivity index (χ1) is 10.2. The van der Waals surface area contributed by atoms with Crippen molar-refractivity contribution in [3.63, 3.8) is 0 Å². The Labute approximate surface area is 128 Å². The molecule has 1 fully saturated rings. The van der Waals surface area contributed by atoms with Crippen molar-refractivity contribution in [3.8, 4) is 0 Å². The molecule has 21 heavy (non-hydrogen) atoms. The van der Waals surface area contributed by atoms with Crippen molar-refractivity contribution in [3.05, 3.63) is 45.9 Å². The van der Waals surface area contributed by atoms with E-state index in [0.29, 0.717) is 18.0 Å². The van der Waals surface area contributed by atoms with E-state index in [1.165, 1.54) is 30.7 Å². The minimum atomic E-state index is -0.401. The lowest BCUT2D eigenvalue weighted by atomic mass is 10.1. The van der Waals surface area contributed by atoms with Crippen molar-refractivity contribution in [2.45, 2.75) is 38.1 Å². The van der Waals surface area contributed by atoms with Crippen LogP contribution in [0.5, 0.6) is 0 Å². The van der Waals surface area contributed by atoms with E-state index in [0.717, 1.165) is 11.4 Å². The standard InChI is InChI=1S/C16H19N3OS/c17-15(20)11-5-7-13(8-6-11)18-9-14-10-21-16(19-14)12-3-1-2-4-12/h5-8,10,12,18H,1-4,9H2,(H2,17,20). The molecule has 0 spiro atoms. The van der Waals surface area contributed by atoms with Gasteiger partial charge in [-0.1, -0.05) is 12.8 Å². The number of nitrogens with one attached hydrogen (secondary N) is 1. The first-order valence-electron chi connectivity index (χ1n) is 7.30. The molecule has 1 saturated carbocycles. The normalized spacial score (nSPS) is 15.2. The van der Waals surface area contributed by atoms with Crippen molar-refractivity contribution >= 4 is 22.9 Å². The highest BCUT2D eigenvalue weighted by Gasteiger charge is 2.19. The number of amides is 1. The van der Waals surface area contributed by atoms with Gasteiger partial charge in [-0.2, -0.15) is 0 Å². The quantitative estimate of drug-likeness (QED) is 0.888. The van der Waals surface area contributed by atoms with Gasteiger partial charge in [-0.15, -0.1) is 11.3 Å². The molecule has 4 nitrogen and oxygen atoms in total. The lowest BCUT2D eigenvalue weighted by molar-refractivity contribution is 0.100. The lowest BCUT2D eigenvalue weighted by Gasteiger charge is -2.05. The minimum Gasteiger partial charge on any atom is -0.379 e.